The zero-order valence-electron chi connectivity index (χ0n) is 13.5. The van der Waals surface area contributed by atoms with Crippen LogP contribution in [0.4, 0.5) is 5.69 Å². The second-order valence-electron chi connectivity index (χ2n) is 5.38. The Kier molecular flexibility index (Phi) is 9.45. The summed E-state index contributed by atoms with van der Waals surface area (Å²) >= 11 is 0. The van der Waals surface area contributed by atoms with Gasteiger partial charge in [-0.2, -0.15) is 0 Å². The molecule has 0 saturated carbocycles. The van der Waals surface area contributed by atoms with Gasteiger partial charge in [-0.3, -0.25) is 9.59 Å². The minimum atomic E-state index is -0.0271. The molecule has 0 aliphatic rings. The van der Waals surface area contributed by atoms with Crippen molar-refractivity contribution in [2.24, 2.45) is 5.73 Å². The summed E-state index contributed by atoms with van der Waals surface area (Å²) in [7, 11) is 0. The van der Waals surface area contributed by atoms with E-state index >= 15 is 0 Å². The second kappa shape index (κ2) is 10.2. The van der Waals surface area contributed by atoms with E-state index in [0.29, 0.717) is 25.9 Å². The molecule has 124 valence electrons. The molecule has 22 heavy (non-hydrogen) atoms. The van der Waals surface area contributed by atoms with Crippen LogP contribution < -0.4 is 11.1 Å². The van der Waals surface area contributed by atoms with E-state index in [4.69, 9.17) is 5.73 Å². The Morgan fingerprint density at radius 1 is 1.23 bits per heavy atom. The molecule has 0 unspecified atom stereocenters. The van der Waals surface area contributed by atoms with Crippen LogP contribution in [0.5, 0.6) is 0 Å². The number of benzene rings is 1. The van der Waals surface area contributed by atoms with Crippen LogP contribution in [0.3, 0.4) is 0 Å². The Balaban J connectivity index is 0.00000441. The van der Waals surface area contributed by atoms with E-state index in [1.807, 2.05) is 38.1 Å². The maximum atomic E-state index is 11.6. The Labute approximate surface area is 138 Å². The summed E-state index contributed by atoms with van der Waals surface area (Å²) in [4.78, 5) is 25.0. The first-order valence-electron chi connectivity index (χ1n) is 7.30. The molecule has 0 heterocycles. The summed E-state index contributed by atoms with van der Waals surface area (Å²) in [5, 5.41) is 2.83. The highest BCUT2D eigenvalue weighted by atomic mass is 35.5. The van der Waals surface area contributed by atoms with Crippen molar-refractivity contribution in [1.82, 2.24) is 4.90 Å². The van der Waals surface area contributed by atoms with Crippen molar-refractivity contribution in [3.05, 3.63) is 29.8 Å². The molecule has 0 radical (unpaired) electrons. The summed E-state index contributed by atoms with van der Waals surface area (Å²) in [6, 6.07) is 7.73. The van der Waals surface area contributed by atoms with Gasteiger partial charge in [-0.25, -0.2) is 0 Å². The number of nitrogens with two attached hydrogens (primary N) is 1. The molecule has 0 aromatic heterocycles. The lowest BCUT2D eigenvalue weighted by Crippen LogP contribution is -2.34. The first-order chi connectivity index (χ1) is 9.93. The fourth-order valence-electron chi connectivity index (χ4n) is 2.03. The van der Waals surface area contributed by atoms with Crippen LogP contribution in [0.1, 0.15) is 39.2 Å². The van der Waals surface area contributed by atoms with Crippen molar-refractivity contribution in [3.8, 4) is 0 Å². The van der Waals surface area contributed by atoms with Gasteiger partial charge < -0.3 is 16.0 Å². The normalized spacial score (nSPS) is 10.0. The topological polar surface area (TPSA) is 75.4 Å². The van der Waals surface area contributed by atoms with Gasteiger partial charge in [-0.15, -0.1) is 12.4 Å². The van der Waals surface area contributed by atoms with Gasteiger partial charge >= 0.3 is 0 Å². The summed E-state index contributed by atoms with van der Waals surface area (Å²) < 4.78 is 0. The van der Waals surface area contributed by atoms with E-state index in [1.165, 1.54) is 0 Å². The van der Waals surface area contributed by atoms with Crippen molar-refractivity contribution in [2.45, 2.75) is 46.2 Å². The monoisotopic (exact) mass is 327 g/mol. The van der Waals surface area contributed by atoms with Crippen LogP contribution >= 0.6 is 12.4 Å². The standard InChI is InChI=1S/C16H25N3O2.ClH/c1-12(2)19(13(3)20)11-14-6-8-15(9-7-14)18-16(21)5-4-10-17;/h6-9,12H,4-5,10-11,17H2,1-3H3,(H,18,21);1H. The minimum Gasteiger partial charge on any atom is -0.336 e. The van der Waals surface area contributed by atoms with Gasteiger partial charge in [0.15, 0.2) is 0 Å². The van der Waals surface area contributed by atoms with Gasteiger partial charge in [0.1, 0.15) is 0 Å². The van der Waals surface area contributed by atoms with Crippen LogP contribution in [0.15, 0.2) is 24.3 Å². The van der Waals surface area contributed by atoms with Crippen LogP contribution in [0, 0.1) is 0 Å². The lowest BCUT2D eigenvalue weighted by molar-refractivity contribution is -0.131. The molecule has 0 aliphatic heterocycles. The van der Waals surface area contributed by atoms with E-state index in [0.717, 1.165) is 11.3 Å². The highest BCUT2D eigenvalue weighted by Gasteiger charge is 2.12. The Morgan fingerprint density at radius 3 is 2.27 bits per heavy atom. The molecular weight excluding hydrogens is 302 g/mol. The van der Waals surface area contributed by atoms with Crippen molar-refractivity contribution < 1.29 is 9.59 Å². The van der Waals surface area contributed by atoms with Crippen LogP contribution in [-0.4, -0.2) is 29.3 Å². The number of nitrogens with one attached hydrogen (secondary N) is 1. The molecule has 1 aromatic carbocycles. The van der Waals surface area contributed by atoms with Gasteiger partial charge in [0.2, 0.25) is 11.8 Å². The summed E-state index contributed by atoms with van der Waals surface area (Å²) in [6.07, 6.45) is 1.12. The van der Waals surface area contributed by atoms with E-state index in [2.05, 4.69) is 5.32 Å². The van der Waals surface area contributed by atoms with Gasteiger partial charge in [0, 0.05) is 31.6 Å². The zero-order chi connectivity index (χ0) is 15.8. The van der Waals surface area contributed by atoms with Crippen molar-refractivity contribution in [1.29, 1.82) is 0 Å². The van der Waals surface area contributed by atoms with Crippen LogP contribution in [0.25, 0.3) is 0 Å². The number of amides is 2. The van der Waals surface area contributed by atoms with Gasteiger partial charge in [-0.05, 0) is 44.5 Å². The first kappa shape index (κ1) is 20.4. The predicted molar refractivity (Wildman–Crippen MR) is 92.0 cm³/mol. The molecule has 3 N–H and O–H groups in total. The molecule has 0 spiro atoms. The summed E-state index contributed by atoms with van der Waals surface area (Å²) in [6.45, 7) is 6.66. The molecule has 0 fully saturated rings. The summed E-state index contributed by atoms with van der Waals surface area (Å²) in [5.74, 6) is 0.0323. The van der Waals surface area contributed by atoms with Crippen LogP contribution in [-0.2, 0) is 16.1 Å². The average molecular weight is 328 g/mol. The molecule has 0 atom stereocenters. The SMILES string of the molecule is CC(=O)N(Cc1ccc(NC(=O)CCCN)cc1)C(C)C.Cl. The van der Waals surface area contributed by atoms with Crippen molar-refractivity contribution >= 4 is 29.9 Å². The fraction of sp³-hybridized carbons (Fsp3) is 0.500. The van der Waals surface area contributed by atoms with Crippen molar-refractivity contribution in [3.63, 3.8) is 0 Å². The third-order valence-electron chi connectivity index (χ3n) is 3.23. The molecule has 5 nitrogen and oxygen atoms in total. The quantitative estimate of drug-likeness (QED) is 0.808. The number of rotatable bonds is 7. The molecular formula is C16H26ClN3O2. The number of carbonyl (C=O) groups is 2. The van der Waals surface area contributed by atoms with E-state index in [-0.39, 0.29) is 30.3 Å². The molecule has 1 rings (SSSR count). The van der Waals surface area contributed by atoms with Gasteiger partial charge in [-0.1, -0.05) is 12.1 Å². The third kappa shape index (κ3) is 6.91. The third-order valence-corrected chi connectivity index (χ3v) is 3.23. The molecule has 0 aliphatic carbocycles. The smallest absolute Gasteiger partial charge is 0.224 e. The largest absolute Gasteiger partial charge is 0.336 e. The predicted octanol–water partition coefficient (Wildman–Crippen LogP) is 2.54. The highest BCUT2D eigenvalue weighted by molar-refractivity contribution is 5.90. The number of halogens is 1. The fourth-order valence-corrected chi connectivity index (χ4v) is 2.03. The van der Waals surface area contributed by atoms with E-state index in [1.54, 1.807) is 11.8 Å². The minimum absolute atomic E-state index is 0. The lowest BCUT2D eigenvalue weighted by Gasteiger charge is -2.25. The number of anilines is 1. The van der Waals surface area contributed by atoms with E-state index < -0.39 is 0 Å². The van der Waals surface area contributed by atoms with Crippen molar-refractivity contribution in [2.75, 3.05) is 11.9 Å². The number of hydrogen-bond donors (Lipinski definition) is 2. The van der Waals surface area contributed by atoms with Gasteiger partial charge in [0.05, 0.1) is 0 Å². The Hall–Kier alpha value is -1.59. The Bertz CT molecular complexity index is 475. The van der Waals surface area contributed by atoms with Gasteiger partial charge in [0.25, 0.3) is 0 Å². The lowest BCUT2D eigenvalue weighted by atomic mass is 10.1. The second-order valence-corrected chi connectivity index (χ2v) is 5.38. The maximum absolute atomic E-state index is 11.6. The Morgan fingerprint density at radius 2 is 1.82 bits per heavy atom. The molecule has 2 amide bonds. The molecule has 6 heteroatoms. The first-order valence-corrected chi connectivity index (χ1v) is 7.30. The maximum Gasteiger partial charge on any atom is 0.224 e. The van der Waals surface area contributed by atoms with E-state index in [9.17, 15) is 9.59 Å². The highest BCUT2D eigenvalue weighted by Crippen LogP contribution is 2.13. The average Bonchev–Trinajstić information content (AvgIpc) is 2.43. The number of carbonyl (C=O) groups excluding carboxylic acids is 2. The summed E-state index contributed by atoms with van der Waals surface area (Å²) in [5.41, 5.74) is 7.18. The molecule has 1 aromatic rings. The van der Waals surface area contributed by atoms with Crippen LogP contribution in [0.2, 0.25) is 0 Å². The number of hydrogen-bond acceptors (Lipinski definition) is 3. The molecule has 0 saturated heterocycles. The molecule has 0 bridgehead atoms. The zero-order valence-corrected chi connectivity index (χ0v) is 14.3. The number of nitrogens with zero attached hydrogens (tertiary/aromatic N) is 1.